The summed E-state index contributed by atoms with van der Waals surface area (Å²) in [5.41, 5.74) is -1.18. The van der Waals surface area contributed by atoms with Gasteiger partial charge in [0, 0.05) is 0 Å². The predicted octanol–water partition coefficient (Wildman–Crippen LogP) is 7.00. The van der Waals surface area contributed by atoms with Gasteiger partial charge < -0.3 is 14.6 Å². The number of unbranched alkanes of at least 4 members (excludes halogenated alkanes) is 12. The van der Waals surface area contributed by atoms with E-state index in [4.69, 9.17) is 9.47 Å². The van der Waals surface area contributed by atoms with Gasteiger partial charge in [-0.3, -0.25) is 4.90 Å². The lowest BCUT2D eigenvalue weighted by Crippen LogP contribution is -2.64. The summed E-state index contributed by atoms with van der Waals surface area (Å²) >= 11 is 0. The molecule has 5 nitrogen and oxygen atoms in total. The van der Waals surface area contributed by atoms with E-state index in [0.29, 0.717) is 26.1 Å². The normalized spacial score (nSPS) is 25.7. The molecule has 0 radical (unpaired) electrons. The highest BCUT2D eigenvalue weighted by atomic mass is 16.6. The first kappa shape index (κ1) is 27.4. The average Bonchev–Trinajstić information content (AvgIpc) is 2.69. The number of nitrogens with zero attached hydrogens (tertiary/aromatic N) is 1. The summed E-state index contributed by atoms with van der Waals surface area (Å²) < 4.78 is 11.3. The first-order valence-electron chi connectivity index (χ1n) is 13.6. The van der Waals surface area contributed by atoms with Gasteiger partial charge in [0.1, 0.15) is 5.60 Å². The quantitative estimate of drug-likeness (QED) is 0.288. The average molecular weight is 454 g/mol. The maximum Gasteiger partial charge on any atom is 0.410 e. The van der Waals surface area contributed by atoms with E-state index in [0.717, 1.165) is 12.8 Å². The molecule has 2 bridgehead atoms. The number of morpholine rings is 1. The van der Waals surface area contributed by atoms with Crippen molar-refractivity contribution >= 4 is 6.09 Å². The van der Waals surface area contributed by atoms with E-state index in [-0.39, 0.29) is 18.2 Å². The molecule has 188 valence electrons. The highest BCUT2D eigenvalue weighted by Crippen LogP contribution is 2.38. The lowest BCUT2D eigenvalue weighted by atomic mass is 9.78. The van der Waals surface area contributed by atoms with Gasteiger partial charge in [-0.1, -0.05) is 90.4 Å². The van der Waals surface area contributed by atoms with Gasteiger partial charge in [0.2, 0.25) is 0 Å². The molecule has 2 saturated heterocycles. The summed E-state index contributed by atoms with van der Waals surface area (Å²) in [5, 5.41) is 11.3. The number of amides is 1. The fourth-order valence-electron chi connectivity index (χ4n) is 5.36. The highest BCUT2D eigenvalue weighted by Gasteiger charge is 2.48. The number of fused-ring (bicyclic) bond motifs is 2. The third kappa shape index (κ3) is 9.99. The van der Waals surface area contributed by atoms with Gasteiger partial charge in [-0.2, -0.15) is 0 Å². The Balaban J connectivity index is 1.58. The Morgan fingerprint density at radius 3 is 1.75 bits per heavy atom. The first-order valence-corrected chi connectivity index (χ1v) is 13.6. The van der Waals surface area contributed by atoms with Crippen molar-refractivity contribution in [2.24, 2.45) is 0 Å². The van der Waals surface area contributed by atoms with E-state index in [1.807, 2.05) is 25.7 Å². The molecule has 1 N–H and O–H groups in total. The second kappa shape index (κ2) is 13.8. The minimum atomic E-state index is -0.671. The molecule has 2 aliphatic heterocycles. The van der Waals surface area contributed by atoms with E-state index >= 15 is 0 Å². The summed E-state index contributed by atoms with van der Waals surface area (Å²) in [4.78, 5) is 14.5. The lowest BCUT2D eigenvalue weighted by molar-refractivity contribution is -0.140. The second-order valence-electron chi connectivity index (χ2n) is 11.4. The van der Waals surface area contributed by atoms with Gasteiger partial charge in [0.05, 0.1) is 30.9 Å². The van der Waals surface area contributed by atoms with Crippen molar-refractivity contribution in [1.82, 2.24) is 4.90 Å². The number of carbonyl (C=O) groups is 1. The molecule has 5 heteroatoms. The zero-order valence-corrected chi connectivity index (χ0v) is 21.5. The number of hydrogen-bond donors (Lipinski definition) is 1. The largest absolute Gasteiger partial charge is 0.444 e. The molecule has 1 amide bonds. The van der Waals surface area contributed by atoms with Crippen LogP contribution in [0.2, 0.25) is 0 Å². The molecule has 32 heavy (non-hydrogen) atoms. The Bertz CT molecular complexity index is 516. The van der Waals surface area contributed by atoms with E-state index in [1.54, 1.807) is 0 Å². The number of piperidine rings is 1. The van der Waals surface area contributed by atoms with E-state index in [2.05, 4.69) is 6.92 Å². The Kier molecular flexibility index (Phi) is 11.8. The van der Waals surface area contributed by atoms with Crippen LogP contribution in [0.4, 0.5) is 4.79 Å². The summed E-state index contributed by atoms with van der Waals surface area (Å²) in [7, 11) is 0. The molecule has 2 fully saturated rings. The van der Waals surface area contributed by atoms with Gasteiger partial charge in [-0.05, 0) is 40.0 Å². The number of rotatable bonds is 14. The smallest absolute Gasteiger partial charge is 0.410 e. The fraction of sp³-hybridized carbons (Fsp3) is 0.963. The molecule has 2 unspecified atom stereocenters. The third-order valence-corrected chi connectivity index (χ3v) is 6.99. The molecule has 0 aromatic heterocycles. The molecule has 0 aliphatic carbocycles. The fourth-order valence-corrected chi connectivity index (χ4v) is 5.36. The summed E-state index contributed by atoms with van der Waals surface area (Å²) in [5.74, 6) is 0. The van der Waals surface area contributed by atoms with Crippen LogP contribution in [0, 0.1) is 0 Å². The van der Waals surface area contributed by atoms with Crippen LogP contribution in [0.1, 0.15) is 130 Å². The maximum absolute atomic E-state index is 12.7. The van der Waals surface area contributed by atoms with Gasteiger partial charge in [-0.25, -0.2) is 4.79 Å². The molecule has 0 saturated carbocycles. The number of carbonyl (C=O) groups excluding carboxylic acids is 1. The molecule has 0 aromatic rings. The minimum absolute atomic E-state index is 0.0793. The minimum Gasteiger partial charge on any atom is -0.444 e. The van der Waals surface area contributed by atoms with E-state index in [9.17, 15) is 9.90 Å². The van der Waals surface area contributed by atoms with Gasteiger partial charge in [0.15, 0.2) is 0 Å². The van der Waals surface area contributed by atoms with Crippen LogP contribution in [-0.2, 0) is 9.47 Å². The zero-order chi connectivity index (χ0) is 23.5. The van der Waals surface area contributed by atoms with Crippen molar-refractivity contribution < 1.29 is 19.4 Å². The van der Waals surface area contributed by atoms with Gasteiger partial charge in [0.25, 0.3) is 0 Å². The van der Waals surface area contributed by atoms with Gasteiger partial charge >= 0.3 is 6.09 Å². The van der Waals surface area contributed by atoms with Crippen molar-refractivity contribution in [3.8, 4) is 0 Å². The number of hydrogen-bond acceptors (Lipinski definition) is 4. The third-order valence-electron chi connectivity index (χ3n) is 6.99. The summed E-state index contributed by atoms with van der Waals surface area (Å²) in [6.45, 7) is 8.95. The second-order valence-corrected chi connectivity index (χ2v) is 11.4. The van der Waals surface area contributed by atoms with Crippen LogP contribution < -0.4 is 0 Å². The van der Waals surface area contributed by atoms with Crippen molar-refractivity contribution in [2.75, 3.05) is 13.2 Å². The molecular formula is C27H51NO4. The molecule has 2 heterocycles. The van der Waals surface area contributed by atoms with E-state index in [1.165, 1.54) is 77.0 Å². The SMILES string of the molecule is CCCCCCCCCCCCCCCC1(O)CC2COCC(C1)N2C(=O)OC(C)(C)C. The van der Waals surface area contributed by atoms with Gasteiger partial charge in [-0.15, -0.1) is 0 Å². The number of aliphatic hydroxyl groups is 1. The van der Waals surface area contributed by atoms with Crippen LogP contribution in [-0.4, -0.2) is 52.6 Å². The standard InChI is InChI=1S/C27H51NO4/c1-5-6-7-8-9-10-11-12-13-14-15-16-17-18-27(30)19-23-21-31-22-24(20-27)28(23)25(29)32-26(2,3)4/h23-24,30H,5-22H2,1-4H3. The van der Waals surface area contributed by atoms with E-state index < -0.39 is 11.2 Å². The Labute approximate surface area is 197 Å². The molecule has 2 atom stereocenters. The summed E-state index contributed by atoms with van der Waals surface area (Å²) in [6.07, 6.45) is 19.1. The zero-order valence-electron chi connectivity index (χ0n) is 21.5. The molecule has 0 spiro atoms. The number of ether oxygens (including phenoxy) is 2. The van der Waals surface area contributed by atoms with Crippen LogP contribution in [0.5, 0.6) is 0 Å². The first-order chi connectivity index (χ1) is 15.2. The van der Waals surface area contributed by atoms with Crippen LogP contribution in [0.25, 0.3) is 0 Å². The molecular weight excluding hydrogens is 402 g/mol. The maximum atomic E-state index is 12.7. The molecule has 0 aromatic carbocycles. The summed E-state index contributed by atoms with van der Waals surface area (Å²) in [6, 6.07) is -0.159. The van der Waals surface area contributed by atoms with Crippen molar-refractivity contribution in [3.05, 3.63) is 0 Å². The van der Waals surface area contributed by atoms with Crippen molar-refractivity contribution in [1.29, 1.82) is 0 Å². The van der Waals surface area contributed by atoms with Crippen LogP contribution >= 0.6 is 0 Å². The van der Waals surface area contributed by atoms with Crippen molar-refractivity contribution in [2.45, 2.75) is 154 Å². The van der Waals surface area contributed by atoms with Crippen molar-refractivity contribution in [3.63, 3.8) is 0 Å². The lowest BCUT2D eigenvalue weighted by Gasteiger charge is -2.51. The molecule has 2 aliphatic rings. The topological polar surface area (TPSA) is 59.0 Å². The monoisotopic (exact) mass is 453 g/mol. The van der Waals surface area contributed by atoms with Crippen LogP contribution in [0.3, 0.4) is 0 Å². The Morgan fingerprint density at radius 2 is 1.31 bits per heavy atom. The Hall–Kier alpha value is -0.810. The predicted molar refractivity (Wildman–Crippen MR) is 131 cm³/mol. The Morgan fingerprint density at radius 1 is 0.875 bits per heavy atom. The van der Waals surface area contributed by atoms with Crippen LogP contribution in [0.15, 0.2) is 0 Å². The highest BCUT2D eigenvalue weighted by molar-refractivity contribution is 5.69. The molecule has 2 rings (SSSR count).